The lowest BCUT2D eigenvalue weighted by Crippen LogP contribution is -2.01. The van der Waals surface area contributed by atoms with E-state index in [1.165, 1.54) is 0 Å². The second kappa shape index (κ2) is 5.80. The largest absolute Gasteiger partial charge is 0.339 e. The molecule has 2 N–H and O–H groups in total. The zero-order chi connectivity index (χ0) is 12.1. The second-order valence-corrected chi connectivity index (χ2v) is 4.17. The van der Waals surface area contributed by atoms with E-state index in [1.54, 1.807) is 0 Å². The summed E-state index contributed by atoms with van der Waals surface area (Å²) >= 11 is 6.06. The lowest BCUT2D eigenvalue weighted by Gasteiger charge is -1.98. The molecular formula is C12H14ClN3O. The first-order valence-electron chi connectivity index (χ1n) is 5.54. The summed E-state index contributed by atoms with van der Waals surface area (Å²) in [7, 11) is 0. The summed E-state index contributed by atoms with van der Waals surface area (Å²) in [6.07, 6.45) is 2.18. The van der Waals surface area contributed by atoms with Gasteiger partial charge in [-0.1, -0.05) is 35.0 Å². The van der Waals surface area contributed by atoms with E-state index < -0.39 is 0 Å². The molecule has 0 bridgehead atoms. The molecule has 0 radical (unpaired) electrons. The predicted octanol–water partition coefficient (Wildman–Crippen LogP) is 2.21. The number of aryl methyl sites for hydroxylation is 1. The van der Waals surface area contributed by atoms with E-state index in [9.17, 15) is 0 Å². The normalized spacial score (nSPS) is 10.7. The van der Waals surface area contributed by atoms with Crippen molar-refractivity contribution in [3.05, 3.63) is 46.6 Å². The Morgan fingerprint density at radius 3 is 2.88 bits per heavy atom. The summed E-state index contributed by atoms with van der Waals surface area (Å²) in [4.78, 5) is 4.29. The summed E-state index contributed by atoms with van der Waals surface area (Å²) in [5.41, 5.74) is 6.41. The average Bonchev–Trinajstić information content (AvgIpc) is 2.77. The number of hydrogen-bond acceptors (Lipinski definition) is 4. The number of aromatic nitrogens is 2. The van der Waals surface area contributed by atoms with Gasteiger partial charge in [0.2, 0.25) is 5.89 Å². The molecule has 1 aromatic heterocycles. The van der Waals surface area contributed by atoms with Crippen LogP contribution < -0.4 is 5.73 Å². The van der Waals surface area contributed by atoms with E-state index >= 15 is 0 Å². The van der Waals surface area contributed by atoms with Gasteiger partial charge in [0.1, 0.15) is 0 Å². The van der Waals surface area contributed by atoms with Gasteiger partial charge in [0.05, 0.1) is 6.42 Å². The lowest BCUT2D eigenvalue weighted by molar-refractivity contribution is 0.379. The van der Waals surface area contributed by atoms with E-state index in [0.717, 1.165) is 18.4 Å². The van der Waals surface area contributed by atoms with Crippen LogP contribution in [0.25, 0.3) is 0 Å². The molecule has 0 unspecified atom stereocenters. The van der Waals surface area contributed by atoms with Crippen LogP contribution in [-0.2, 0) is 12.8 Å². The molecule has 0 amide bonds. The highest BCUT2D eigenvalue weighted by Crippen LogP contribution is 2.18. The summed E-state index contributed by atoms with van der Waals surface area (Å²) < 4.78 is 5.16. The van der Waals surface area contributed by atoms with Gasteiger partial charge in [-0.25, -0.2) is 0 Å². The van der Waals surface area contributed by atoms with Gasteiger partial charge in [-0.15, -0.1) is 0 Å². The van der Waals surface area contributed by atoms with Gasteiger partial charge in [-0.2, -0.15) is 4.98 Å². The molecule has 1 heterocycles. The standard InChI is InChI=1S/C12H14ClN3O/c13-10-5-2-1-4-9(10)8-12-15-11(16-17-12)6-3-7-14/h1-2,4-5H,3,6-8,14H2. The van der Waals surface area contributed by atoms with Gasteiger partial charge in [0.25, 0.3) is 0 Å². The highest BCUT2D eigenvalue weighted by Gasteiger charge is 2.08. The SMILES string of the molecule is NCCCc1noc(Cc2ccccc2Cl)n1. The Morgan fingerprint density at radius 2 is 2.12 bits per heavy atom. The Morgan fingerprint density at radius 1 is 1.29 bits per heavy atom. The Labute approximate surface area is 105 Å². The molecule has 5 heteroatoms. The minimum Gasteiger partial charge on any atom is -0.339 e. The maximum absolute atomic E-state index is 6.06. The van der Waals surface area contributed by atoms with Crippen molar-refractivity contribution in [2.24, 2.45) is 5.73 Å². The van der Waals surface area contributed by atoms with E-state index in [0.29, 0.717) is 29.7 Å². The molecule has 0 atom stereocenters. The zero-order valence-corrected chi connectivity index (χ0v) is 10.2. The Kier molecular flexibility index (Phi) is 4.12. The number of benzene rings is 1. The highest BCUT2D eigenvalue weighted by molar-refractivity contribution is 6.31. The zero-order valence-electron chi connectivity index (χ0n) is 9.40. The fourth-order valence-corrected chi connectivity index (χ4v) is 1.73. The van der Waals surface area contributed by atoms with Crippen LogP contribution in [0.15, 0.2) is 28.8 Å². The van der Waals surface area contributed by atoms with E-state index in [-0.39, 0.29) is 0 Å². The molecular weight excluding hydrogens is 238 g/mol. The van der Waals surface area contributed by atoms with Crippen molar-refractivity contribution in [2.75, 3.05) is 6.54 Å². The van der Waals surface area contributed by atoms with Crippen molar-refractivity contribution in [3.63, 3.8) is 0 Å². The lowest BCUT2D eigenvalue weighted by atomic mass is 10.1. The van der Waals surface area contributed by atoms with Crippen LogP contribution in [0.4, 0.5) is 0 Å². The minimum atomic E-state index is 0.565. The van der Waals surface area contributed by atoms with Gasteiger partial charge in [0.15, 0.2) is 5.82 Å². The molecule has 1 aromatic carbocycles. The molecule has 2 aromatic rings. The average molecular weight is 252 g/mol. The maximum atomic E-state index is 6.06. The van der Waals surface area contributed by atoms with E-state index in [1.807, 2.05) is 24.3 Å². The van der Waals surface area contributed by atoms with Crippen LogP contribution >= 0.6 is 11.6 Å². The summed E-state index contributed by atoms with van der Waals surface area (Å²) in [5, 5.41) is 4.61. The smallest absolute Gasteiger partial charge is 0.231 e. The molecule has 90 valence electrons. The van der Waals surface area contributed by atoms with Gasteiger partial charge in [-0.05, 0) is 24.6 Å². The third kappa shape index (κ3) is 3.28. The third-order valence-corrected chi connectivity index (χ3v) is 2.78. The molecule has 0 saturated carbocycles. The first kappa shape index (κ1) is 12.1. The minimum absolute atomic E-state index is 0.565. The fraction of sp³-hybridized carbons (Fsp3) is 0.333. The van der Waals surface area contributed by atoms with Gasteiger partial charge >= 0.3 is 0 Å². The van der Waals surface area contributed by atoms with Crippen molar-refractivity contribution in [2.45, 2.75) is 19.3 Å². The van der Waals surface area contributed by atoms with Gasteiger partial charge in [0, 0.05) is 11.4 Å². The fourth-order valence-electron chi connectivity index (χ4n) is 1.53. The van der Waals surface area contributed by atoms with Gasteiger partial charge in [-0.3, -0.25) is 0 Å². The third-order valence-electron chi connectivity index (χ3n) is 2.41. The first-order valence-corrected chi connectivity index (χ1v) is 5.92. The summed E-state index contributed by atoms with van der Waals surface area (Å²) in [6.45, 7) is 0.633. The van der Waals surface area contributed by atoms with Crippen molar-refractivity contribution in [1.29, 1.82) is 0 Å². The van der Waals surface area contributed by atoms with Crippen molar-refractivity contribution in [3.8, 4) is 0 Å². The molecule has 17 heavy (non-hydrogen) atoms. The number of halogens is 1. The van der Waals surface area contributed by atoms with E-state index in [2.05, 4.69) is 10.1 Å². The van der Waals surface area contributed by atoms with Crippen LogP contribution in [0, 0.1) is 0 Å². The van der Waals surface area contributed by atoms with Crippen molar-refractivity contribution >= 4 is 11.6 Å². The van der Waals surface area contributed by atoms with Gasteiger partial charge < -0.3 is 10.3 Å². The predicted molar refractivity (Wildman–Crippen MR) is 65.9 cm³/mol. The number of nitrogens with two attached hydrogens (primary N) is 1. The summed E-state index contributed by atoms with van der Waals surface area (Å²) in [5.74, 6) is 1.29. The molecule has 0 fully saturated rings. The number of rotatable bonds is 5. The molecule has 0 spiro atoms. The highest BCUT2D eigenvalue weighted by atomic mass is 35.5. The first-order chi connectivity index (χ1) is 8.29. The quantitative estimate of drug-likeness (QED) is 0.885. The van der Waals surface area contributed by atoms with Crippen LogP contribution in [0.1, 0.15) is 23.7 Å². The monoisotopic (exact) mass is 251 g/mol. The summed E-state index contributed by atoms with van der Waals surface area (Å²) in [6, 6.07) is 7.63. The molecule has 0 aliphatic carbocycles. The maximum Gasteiger partial charge on any atom is 0.231 e. The van der Waals surface area contributed by atoms with Crippen molar-refractivity contribution < 1.29 is 4.52 Å². The van der Waals surface area contributed by atoms with Crippen LogP contribution in [-0.4, -0.2) is 16.7 Å². The molecule has 2 rings (SSSR count). The van der Waals surface area contributed by atoms with Crippen LogP contribution in [0.5, 0.6) is 0 Å². The Hall–Kier alpha value is -1.39. The topological polar surface area (TPSA) is 64.9 Å². The van der Waals surface area contributed by atoms with E-state index in [4.69, 9.17) is 21.9 Å². The van der Waals surface area contributed by atoms with Crippen molar-refractivity contribution in [1.82, 2.24) is 10.1 Å². The van der Waals surface area contributed by atoms with Crippen LogP contribution in [0.2, 0.25) is 5.02 Å². The second-order valence-electron chi connectivity index (χ2n) is 3.76. The Balaban J connectivity index is 2.04. The Bertz CT molecular complexity index is 484. The molecule has 0 aliphatic rings. The number of hydrogen-bond donors (Lipinski definition) is 1. The molecule has 4 nitrogen and oxygen atoms in total. The van der Waals surface area contributed by atoms with Crippen LogP contribution in [0.3, 0.4) is 0 Å². The molecule has 0 aliphatic heterocycles. The molecule has 0 saturated heterocycles. The number of nitrogens with zero attached hydrogens (tertiary/aromatic N) is 2.